The highest BCUT2D eigenvalue weighted by atomic mass is 16.5. The highest BCUT2D eigenvalue weighted by Crippen LogP contribution is 2.22. The molecule has 0 bridgehead atoms. The lowest BCUT2D eigenvalue weighted by Gasteiger charge is -2.12. The van der Waals surface area contributed by atoms with Crippen LogP contribution in [0.4, 0.5) is 0 Å². The Kier molecular flexibility index (Phi) is 7.32. The third-order valence-electron chi connectivity index (χ3n) is 4.92. The Morgan fingerprint density at radius 3 is 2.77 bits per heavy atom. The fourth-order valence-electron chi connectivity index (χ4n) is 3.40. The summed E-state index contributed by atoms with van der Waals surface area (Å²) in [5.41, 5.74) is 10.0. The number of ether oxygens (including phenoxy) is 1. The van der Waals surface area contributed by atoms with E-state index < -0.39 is 5.91 Å². The van der Waals surface area contributed by atoms with Crippen molar-refractivity contribution in [2.24, 2.45) is 10.7 Å². The molecule has 0 aliphatic heterocycles. The number of nitrogens with one attached hydrogen (secondary N) is 3. The van der Waals surface area contributed by atoms with Crippen LogP contribution in [0.1, 0.15) is 23.6 Å². The van der Waals surface area contributed by atoms with Gasteiger partial charge in [-0.3, -0.25) is 9.79 Å². The number of para-hydroxylation sites is 1. The Balaban J connectivity index is 1.51. The number of H-pyrrole nitrogens is 1. The second-order valence-electron chi connectivity index (χ2n) is 7.01. The van der Waals surface area contributed by atoms with E-state index in [9.17, 15) is 4.79 Å². The Labute approximate surface area is 176 Å². The van der Waals surface area contributed by atoms with Crippen molar-refractivity contribution in [2.75, 3.05) is 20.2 Å². The normalized spacial score (nSPS) is 11.5. The number of fused-ring (bicyclic) bond motifs is 1. The van der Waals surface area contributed by atoms with Gasteiger partial charge in [0, 0.05) is 37.2 Å². The first-order valence-electron chi connectivity index (χ1n) is 10.1. The predicted molar refractivity (Wildman–Crippen MR) is 121 cm³/mol. The van der Waals surface area contributed by atoms with Gasteiger partial charge in [0.1, 0.15) is 5.75 Å². The van der Waals surface area contributed by atoms with Crippen molar-refractivity contribution in [2.45, 2.75) is 26.3 Å². The third kappa shape index (κ3) is 5.53. The van der Waals surface area contributed by atoms with E-state index in [1.807, 2.05) is 18.2 Å². The minimum atomic E-state index is -0.496. The summed E-state index contributed by atoms with van der Waals surface area (Å²) in [6.45, 7) is 3.39. The third-order valence-corrected chi connectivity index (χ3v) is 4.92. The van der Waals surface area contributed by atoms with Gasteiger partial charge < -0.3 is 26.1 Å². The molecule has 158 valence electrons. The predicted octanol–water partition coefficient (Wildman–Crippen LogP) is 2.50. The fourth-order valence-corrected chi connectivity index (χ4v) is 3.40. The molecule has 0 saturated carbocycles. The topological polar surface area (TPSA) is 105 Å². The average Bonchev–Trinajstić information content (AvgIpc) is 3.18. The van der Waals surface area contributed by atoms with Gasteiger partial charge in [-0.05, 0) is 41.7 Å². The maximum Gasteiger partial charge on any atom is 0.255 e. The monoisotopic (exact) mass is 407 g/mol. The minimum Gasteiger partial charge on any atom is -0.484 e. The van der Waals surface area contributed by atoms with Crippen LogP contribution >= 0.6 is 0 Å². The Morgan fingerprint density at radius 2 is 2.00 bits per heavy atom. The van der Waals surface area contributed by atoms with Crippen molar-refractivity contribution >= 4 is 22.8 Å². The number of guanidine groups is 1. The summed E-state index contributed by atoms with van der Waals surface area (Å²) in [6.07, 6.45) is 4.00. The van der Waals surface area contributed by atoms with Crippen LogP contribution < -0.4 is 21.1 Å². The van der Waals surface area contributed by atoms with Crippen molar-refractivity contribution < 1.29 is 9.53 Å². The Bertz CT molecular complexity index is 1030. The molecule has 2 aromatic carbocycles. The van der Waals surface area contributed by atoms with E-state index >= 15 is 0 Å². The van der Waals surface area contributed by atoms with E-state index in [4.69, 9.17) is 10.5 Å². The minimum absolute atomic E-state index is 0.131. The van der Waals surface area contributed by atoms with Gasteiger partial charge in [0.15, 0.2) is 12.6 Å². The number of amides is 1. The van der Waals surface area contributed by atoms with Crippen LogP contribution in [0.3, 0.4) is 0 Å². The lowest BCUT2D eigenvalue weighted by atomic mass is 10.1. The number of aliphatic imine (C=N–C) groups is 1. The molecule has 0 unspecified atom stereocenters. The van der Waals surface area contributed by atoms with Crippen LogP contribution in [0.15, 0.2) is 53.7 Å². The first-order chi connectivity index (χ1) is 14.6. The molecule has 0 saturated heterocycles. The molecular weight excluding hydrogens is 378 g/mol. The van der Waals surface area contributed by atoms with Crippen LogP contribution in [-0.4, -0.2) is 37.1 Å². The molecule has 3 rings (SSSR count). The van der Waals surface area contributed by atoms with Gasteiger partial charge in [-0.15, -0.1) is 0 Å². The molecule has 0 aliphatic rings. The largest absolute Gasteiger partial charge is 0.484 e. The Morgan fingerprint density at radius 1 is 1.17 bits per heavy atom. The van der Waals surface area contributed by atoms with Crippen molar-refractivity contribution in [1.82, 2.24) is 15.6 Å². The van der Waals surface area contributed by atoms with Crippen LogP contribution in [0.25, 0.3) is 10.9 Å². The molecule has 0 atom stereocenters. The fraction of sp³-hybridized carbons (Fsp3) is 0.304. The van der Waals surface area contributed by atoms with Gasteiger partial charge in [-0.1, -0.05) is 37.3 Å². The lowest BCUT2D eigenvalue weighted by molar-refractivity contribution is -0.119. The van der Waals surface area contributed by atoms with E-state index in [1.165, 1.54) is 22.0 Å². The van der Waals surface area contributed by atoms with Crippen molar-refractivity contribution in [3.63, 3.8) is 0 Å². The zero-order valence-corrected chi connectivity index (χ0v) is 17.5. The standard InChI is InChI=1S/C23H29N5O2/c1-3-17-7-5-9-20-18(14-27-22(17)20)10-11-26-23(25-2)28-13-16-6-4-8-19(12-16)30-15-21(24)29/h4-9,12,14,27H,3,10-11,13,15H2,1-2H3,(H2,24,29)(H2,25,26,28). The molecule has 7 heteroatoms. The number of hydrogen-bond donors (Lipinski definition) is 4. The maximum atomic E-state index is 10.9. The highest BCUT2D eigenvalue weighted by molar-refractivity contribution is 5.86. The van der Waals surface area contributed by atoms with Gasteiger partial charge in [0.2, 0.25) is 0 Å². The number of aromatic nitrogens is 1. The molecule has 1 aromatic heterocycles. The molecule has 0 radical (unpaired) electrons. The van der Waals surface area contributed by atoms with E-state index in [-0.39, 0.29) is 6.61 Å². The van der Waals surface area contributed by atoms with E-state index in [0.29, 0.717) is 12.3 Å². The number of aromatic amines is 1. The average molecular weight is 408 g/mol. The molecular formula is C23H29N5O2. The van der Waals surface area contributed by atoms with Crippen molar-refractivity contribution in [3.8, 4) is 5.75 Å². The van der Waals surface area contributed by atoms with Crippen LogP contribution in [0.5, 0.6) is 5.75 Å². The number of primary amides is 1. The molecule has 0 spiro atoms. The molecule has 1 heterocycles. The number of nitrogens with two attached hydrogens (primary N) is 1. The van der Waals surface area contributed by atoms with Crippen LogP contribution in [0.2, 0.25) is 0 Å². The molecule has 30 heavy (non-hydrogen) atoms. The number of benzene rings is 2. The highest BCUT2D eigenvalue weighted by Gasteiger charge is 2.07. The zero-order chi connectivity index (χ0) is 21.3. The number of rotatable bonds is 9. The van der Waals surface area contributed by atoms with Gasteiger partial charge in [-0.25, -0.2) is 0 Å². The molecule has 0 fully saturated rings. The van der Waals surface area contributed by atoms with Gasteiger partial charge in [0.05, 0.1) is 0 Å². The molecule has 5 N–H and O–H groups in total. The summed E-state index contributed by atoms with van der Waals surface area (Å²) in [5.74, 6) is 0.846. The first-order valence-corrected chi connectivity index (χ1v) is 10.1. The summed E-state index contributed by atoms with van der Waals surface area (Å²) < 4.78 is 5.35. The second kappa shape index (κ2) is 10.3. The van der Waals surface area contributed by atoms with E-state index in [0.717, 1.165) is 30.9 Å². The molecule has 7 nitrogen and oxygen atoms in total. The smallest absolute Gasteiger partial charge is 0.255 e. The lowest BCUT2D eigenvalue weighted by Crippen LogP contribution is -2.37. The number of hydrogen-bond acceptors (Lipinski definition) is 3. The number of aryl methyl sites for hydroxylation is 1. The maximum absolute atomic E-state index is 10.9. The van der Waals surface area contributed by atoms with E-state index in [2.05, 4.69) is 51.9 Å². The van der Waals surface area contributed by atoms with Crippen LogP contribution in [0, 0.1) is 0 Å². The summed E-state index contributed by atoms with van der Waals surface area (Å²) >= 11 is 0. The number of carbonyl (C=O) groups excluding carboxylic acids is 1. The van der Waals surface area contributed by atoms with Gasteiger partial charge >= 0.3 is 0 Å². The molecule has 1 amide bonds. The summed E-state index contributed by atoms with van der Waals surface area (Å²) in [4.78, 5) is 18.6. The van der Waals surface area contributed by atoms with E-state index in [1.54, 1.807) is 13.1 Å². The Hall–Kier alpha value is -3.48. The number of carbonyl (C=O) groups is 1. The summed E-state index contributed by atoms with van der Waals surface area (Å²) in [6, 6.07) is 14.0. The first kappa shape index (κ1) is 21.2. The number of nitrogens with zero attached hydrogens (tertiary/aromatic N) is 1. The molecule has 0 aliphatic carbocycles. The van der Waals surface area contributed by atoms with Crippen molar-refractivity contribution in [3.05, 3.63) is 65.4 Å². The zero-order valence-electron chi connectivity index (χ0n) is 17.5. The summed E-state index contributed by atoms with van der Waals surface area (Å²) in [5, 5.41) is 7.94. The van der Waals surface area contributed by atoms with Gasteiger partial charge in [-0.2, -0.15) is 0 Å². The second-order valence-corrected chi connectivity index (χ2v) is 7.01. The van der Waals surface area contributed by atoms with Crippen molar-refractivity contribution in [1.29, 1.82) is 0 Å². The van der Waals surface area contributed by atoms with Crippen LogP contribution in [-0.2, 0) is 24.2 Å². The molecule has 3 aromatic rings. The summed E-state index contributed by atoms with van der Waals surface area (Å²) in [7, 11) is 1.75. The SMILES string of the molecule is CCc1cccc2c(CCNC(=NC)NCc3cccc(OCC(N)=O)c3)c[nH]c12. The quantitative estimate of drug-likeness (QED) is 0.323. The van der Waals surface area contributed by atoms with Gasteiger partial charge in [0.25, 0.3) is 5.91 Å².